The van der Waals surface area contributed by atoms with E-state index in [2.05, 4.69) is 10.3 Å². The molecular formula is C23H21FN4OS. The molecule has 1 aliphatic carbocycles. The standard InChI is InChI=1S/C23H21FN4OS/c1-14-12-28(13-25-14)20-10-7-16(11-19(20)24)26-23-27-22-18(3-2-4-21(22)30-23)15-5-8-17(29)9-6-15/h5-13,18,29H,2-4H2,1H3,(H,26,27). The van der Waals surface area contributed by atoms with Crippen molar-refractivity contribution in [3.8, 4) is 11.4 Å². The number of phenolic OH excluding ortho intramolecular Hbond substituents is 1. The summed E-state index contributed by atoms with van der Waals surface area (Å²) in [6.45, 7) is 1.87. The van der Waals surface area contributed by atoms with E-state index in [-0.39, 0.29) is 17.5 Å². The summed E-state index contributed by atoms with van der Waals surface area (Å²) in [6, 6.07) is 12.5. The first-order chi connectivity index (χ1) is 14.6. The number of phenols is 1. The lowest BCUT2D eigenvalue weighted by atomic mass is 9.85. The van der Waals surface area contributed by atoms with Crippen molar-refractivity contribution < 1.29 is 9.50 Å². The Balaban J connectivity index is 1.40. The highest BCUT2D eigenvalue weighted by Gasteiger charge is 2.26. The Bertz CT molecular complexity index is 1200. The molecule has 1 unspecified atom stereocenters. The highest BCUT2D eigenvalue weighted by atomic mass is 32.1. The molecule has 2 aromatic carbocycles. The van der Waals surface area contributed by atoms with Gasteiger partial charge in [0.2, 0.25) is 0 Å². The third kappa shape index (κ3) is 3.57. The van der Waals surface area contributed by atoms with E-state index in [1.807, 2.05) is 25.1 Å². The Hall–Kier alpha value is -3.19. The van der Waals surface area contributed by atoms with Gasteiger partial charge in [0.05, 0.1) is 23.4 Å². The predicted octanol–water partition coefficient (Wildman–Crippen LogP) is 5.69. The number of hydrogen-bond donors (Lipinski definition) is 2. The minimum absolute atomic E-state index is 0.227. The fraction of sp³-hybridized carbons (Fsp3) is 0.217. The Morgan fingerprint density at radius 3 is 2.77 bits per heavy atom. The Morgan fingerprint density at radius 1 is 1.20 bits per heavy atom. The number of aromatic hydroxyl groups is 1. The van der Waals surface area contributed by atoms with Crippen LogP contribution in [0.3, 0.4) is 0 Å². The summed E-state index contributed by atoms with van der Waals surface area (Å²) in [5.74, 6) is 0.178. The third-order valence-corrected chi connectivity index (χ3v) is 6.48. The molecule has 2 heterocycles. The second-order valence-electron chi connectivity index (χ2n) is 7.58. The zero-order valence-corrected chi connectivity index (χ0v) is 17.3. The topological polar surface area (TPSA) is 63.0 Å². The molecule has 2 aromatic heterocycles. The highest BCUT2D eigenvalue weighted by Crippen LogP contribution is 2.41. The smallest absolute Gasteiger partial charge is 0.187 e. The molecule has 5 rings (SSSR count). The van der Waals surface area contributed by atoms with Crippen LogP contribution < -0.4 is 5.32 Å². The molecule has 0 spiro atoms. The van der Waals surface area contributed by atoms with Crippen LogP contribution in [0.2, 0.25) is 0 Å². The number of thiazole rings is 1. The molecule has 0 bridgehead atoms. The monoisotopic (exact) mass is 420 g/mol. The largest absolute Gasteiger partial charge is 0.508 e. The van der Waals surface area contributed by atoms with Crippen molar-refractivity contribution in [1.82, 2.24) is 14.5 Å². The number of halogens is 1. The van der Waals surface area contributed by atoms with E-state index in [9.17, 15) is 9.50 Å². The molecule has 1 atom stereocenters. The van der Waals surface area contributed by atoms with Crippen molar-refractivity contribution in [3.63, 3.8) is 0 Å². The number of benzene rings is 2. The maximum atomic E-state index is 14.7. The minimum atomic E-state index is -0.319. The Morgan fingerprint density at radius 2 is 2.03 bits per heavy atom. The van der Waals surface area contributed by atoms with Crippen molar-refractivity contribution in [2.45, 2.75) is 32.1 Å². The zero-order chi connectivity index (χ0) is 20.7. The average molecular weight is 421 g/mol. The number of rotatable bonds is 4. The number of aryl methyl sites for hydroxylation is 2. The van der Waals surface area contributed by atoms with Gasteiger partial charge >= 0.3 is 0 Å². The first-order valence-corrected chi connectivity index (χ1v) is 10.7. The number of aromatic nitrogens is 3. The zero-order valence-electron chi connectivity index (χ0n) is 16.5. The average Bonchev–Trinajstić information content (AvgIpc) is 3.34. The van der Waals surface area contributed by atoms with Crippen molar-refractivity contribution in [1.29, 1.82) is 0 Å². The van der Waals surface area contributed by atoms with E-state index in [1.54, 1.807) is 46.6 Å². The van der Waals surface area contributed by atoms with Crippen LogP contribution in [-0.2, 0) is 6.42 Å². The molecule has 0 saturated carbocycles. The molecule has 152 valence electrons. The lowest BCUT2D eigenvalue weighted by molar-refractivity contribution is 0.474. The molecule has 5 nitrogen and oxygen atoms in total. The summed E-state index contributed by atoms with van der Waals surface area (Å²) in [5.41, 5.74) is 4.22. The van der Waals surface area contributed by atoms with Crippen LogP contribution in [0, 0.1) is 12.7 Å². The first-order valence-electron chi connectivity index (χ1n) is 9.93. The highest BCUT2D eigenvalue weighted by molar-refractivity contribution is 7.15. The van der Waals surface area contributed by atoms with Crippen molar-refractivity contribution >= 4 is 22.2 Å². The molecule has 0 radical (unpaired) electrons. The molecule has 7 heteroatoms. The van der Waals surface area contributed by atoms with Gasteiger partial charge in [-0.15, -0.1) is 11.3 Å². The maximum absolute atomic E-state index is 14.7. The van der Waals surface area contributed by atoms with Gasteiger partial charge in [-0.25, -0.2) is 14.4 Å². The summed E-state index contributed by atoms with van der Waals surface area (Å²) in [7, 11) is 0. The van der Waals surface area contributed by atoms with E-state index in [1.165, 1.54) is 10.9 Å². The van der Waals surface area contributed by atoms with Crippen LogP contribution in [0.15, 0.2) is 55.0 Å². The number of fused-ring (bicyclic) bond motifs is 1. The van der Waals surface area contributed by atoms with Gasteiger partial charge in [0.1, 0.15) is 11.6 Å². The summed E-state index contributed by atoms with van der Waals surface area (Å²) in [5, 5.41) is 13.6. The van der Waals surface area contributed by atoms with Gasteiger partial charge in [-0.05, 0) is 62.1 Å². The van der Waals surface area contributed by atoms with Gasteiger partial charge in [-0.1, -0.05) is 12.1 Å². The van der Waals surface area contributed by atoms with E-state index in [4.69, 9.17) is 4.98 Å². The molecule has 0 fully saturated rings. The SMILES string of the molecule is Cc1cn(-c2ccc(Nc3nc4c(s3)CCCC4c3ccc(O)cc3)cc2F)cn1. The maximum Gasteiger partial charge on any atom is 0.187 e. The molecule has 0 amide bonds. The Kier molecular flexibility index (Phi) is 4.75. The normalized spacial score (nSPS) is 15.7. The number of hydrogen-bond acceptors (Lipinski definition) is 5. The van der Waals surface area contributed by atoms with Gasteiger partial charge < -0.3 is 15.0 Å². The van der Waals surface area contributed by atoms with Crippen LogP contribution in [-0.4, -0.2) is 19.6 Å². The van der Waals surface area contributed by atoms with E-state index >= 15 is 0 Å². The van der Waals surface area contributed by atoms with Gasteiger partial charge in [-0.3, -0.25) is 0 Å². The first kappa shape index (κ1) is 18.8. The van der Waals surface area contributed by atoms with E-state index < -0.39 is 0 Å². The van der Waals surface area contributed by atoms with Crippen LogP contribution in [0.4, 0.5) is 15.2 Å². The number of nitrogens with one attached hydrogen (secondary N) is 1. The second kappa shape index (κ2) is 7.57. The lowest BCUT2D eigenvalue weighted by Crippen LogP contribution is -2.09. The molecule has 4 aromatic rings. The minimum Gasteiger partial charge on any atom is -0.508 e. The number of anilines is 2. The van der Waals surface area contributed by atoms with Crippen LogP contribution in [0.5, 0.6) is 5.75 Å². The molecule has 30 heavy (non-hydrogen) atoms. The molecule has 1 aliphatic rings. The van der Waals surface area contributed by atoms with E-state index in [0.717, 1.165) is 41.3 Å². The quantitative estimate of drug-likeness (QED) is 0.445. The third-order valence-electron chi connectivity index (χ3n) is 5.44. The molecule has 2 N–H and O–H groups in total. The summed E-state index contributed by atoms with van der Waals surface area (Å²) in [6.07, 6.45) is 6.56. The van der Waals surface area contributed by atoms with Crippen LogP contribution >= 0.6 is 11.3 Å². The summed E-state index contributed by atoms with van der Waals surface area (Å²) < 4.78 is 16.3. The lowest BCUT2D eigenvalue weighted by Gasteiger charge is -2.21. The molecule has 0 aliphatic heterocycles. The fourth-order valence-corrected chi connectivity index (χ4v) is 5.06. The summed E-state index contributed by atoms with van der Waals surface area (Å²) in [4.78, 5) is 10.3. The predicted molar refractivity (Wildman–Crippen MR) is 117 cm³/mol. The Labute approximate surface area is 177 Å². The summed E-state index contributed by atoms with van der Waals surface area (Å²) >= 11 is 1.63. The molecular weight excluding hydrogens is 399 g/mol. The van der Waals surface area contributed by atoms with Gasteiger partial charge in [0.25, 0.3) is 0 Å². The molecule has 0 saturated heterocycles. The fourth-order valence-electron chi connectivity index (χ4n) is 3.97. The van der Waals surface area contributed by atoms with Gasteiger partial charge in [0.15, 0.2) is 5.13 Å². The van der Waals surface area contributed by atoms with E-state index in [0.29, 0.717) is 11.4 Å². The van der Waals surface area contributed by atoms with Crippen molar-refractivity contribution in [2.75, 3.05) is 5.32 Å². The number of imidazole rings is 1. The van der Waals surface area contributed by atoms with Gasteiger partial charge in [0, 0.05) is 22.7 Å². The van der Waals surface area contributed by atoms with Crippen LogP contribution in [0.25, 0.3) is 5.69 Å². The van der Waals surface area contributed by atoms with Gasteiger partial charge in [-0.2, -0.15) is 0 Å². The van der Waals surface area contributed by atoms with Crippen molar-refractivity contribution in [3.05, 3.63) is 82.6 Å². The number of nitrogens with zero attached hydrogens (tertiary/aromatic N) is 3. The van der Waals surface area contributed by atoms with Crippen molar-refractivity contribution in [2.24, 2.45) is 0 Å². The van der Waals surface area contributed by atoms with Crippen LogP contribution in [0.1, 0.15) is 40.6 Å². The second-order valence-corrected chi connectivity index (χ2v) is 8.66.